The van der Waals surface area contributed by atoms with Crippen molar-refractivity contribution in [1.29, 1.82) is 0 Å². The molecule has 142 valence electrons. The number of esters is 1. The number of ether oxygens (including phenoxy) is 2. The summed E-state index contributed by atoms with van der Waals surface area (Å²) in [5, 5.41) is 4.72. The molecule has 0 fully saturated rings. The van der Waals surface area contributed by atoms with Crippen LogP contribution in [0.1, 0.15) is 17.3 Å². The number of thiazole rings is 1. The first-order chi connectivity index (χ1) is 13.7. The smallest absolute Gasteiger partial charge is 0.306 e. The second kappa shape index (κ2) is 8.18. The first-order valence-corrected chi connectivity index (χ1v) is 9.50. The third-order valence-electron chi connectivity index (χ3n) is 4.05. The molecule has 8 heteroatoms. The van der Waals surface area contributed by atoms with Crippen molar-refractivity contribution in [2.75, 3.05) is 7.11 Å². The molecule has 2 aromatic heterocycles. The molecule has 0 saturated heterocycles. The summed E-state index contributed by atoms with van der Waals surface area (Å²) in [7, 11) is 1.61. The van der Waals surface area contributed by atoms with E-state index in [1.165, 1.54) is 11.3 Å². The average Bonchev–Trinajstić information content (AvgIpc) is 3.37. The molecule has 0 spiro atoms. The Morgan fingerprint density at radius 2 is 1.93 bits per heavy atom. The quantitative estimate of drug-likeness (QED) is 0.437. The minimum atomic E-state index is -0.330. The number of fused-ring (bicyclic) bond motifs is 1. The number of hydrogen-bond donors (Lipinski definition) is 0. The Morgan fingerprint density at radius 1 is 1.11 bits per heavy atom. The maximum atomic E-state index is 12.0. The Hall–Kier alpha value is -3.26. The summed E-state index contributed by atoms with van der Waals surface area (Å²) in [6.07, 6.45) is 0.483. The van der Waals surface area contributed by atoms with Crippen LogP contribution in [0, 0.1) is 0 Å². The lowest BCUT2D eigenvalue weighted by Gasteiger charge is -2.00. The van der Waals surface area contributed by atoms with E-state index in [0.29, 0.717) is 18.1 Å². The van der Waals surface area contributed by atoms with Gasteiger partial charge < -0.3 is 14.0 Å². The molecular formula is C20H17N3O4S. The Balaban J connectivity index is 1.29. The number of nitrogens with zero attached hydrogens (tertiary/aromatic N) is 3. The van der Waals surface area contributed by atoms with Gasteiger partial charge in [0.2, 0.25) is 11.7 Å². The van der Waals surface area contributed by atoms with Crippen LogP contribution < -0.4 is 4.74 Å². The van der Waals surface area contributed by atoms with Gasteiger partial charge in [0.25, 0.3) is 0 Å². The van der Waals surface area contributed by atoms with Crippen LogP contribution in [0.3, 0.4) is 0 Å². The van der Waals surface area contributed by atoms with Gasteiger partial charge in [-0.2, -0.15) is 4.98 Å². The van der Waals surface area contributed by atoms with Crippen LogP contribution in [0.15, 0.2) is 53.1 Å². The monoisotopic (exact) mass is 395 g/mol. The zero-order valence-corrected chi connectivity index (χ0v) is 15.9. The minimum absolute atomic E-state index is 0.162. The first kappa shape index (κ1) is 18.1. The van der Waals surface area contributed by atoms with Crippen molar-refractivity contribution < 1.29 is 18.8 Å². The number of methoxy groups -OCH3 is 1. The molecule has 0 aliphatic heterocycles. The molecule has 0 N–H and O–H groups in total. The van der Waals surface area contributed by atoms with Crippen molar-refractivity contribution >= 4 is 27.5 Å². The summed E-state index contributed by atoms with van der Waals surface area (Å²) in [4.78, 5) is 20.8. The molecule has 0 amide bonds. The molecule has 28 heavy (non-hydrogen) atoms. The van der Waals surface area contributed by atoms with E-state index in [1.807, 2.05) is 48.5 Å². The standard InChI is InChI=1S/C20H17N3O4S/c1-25-14-8-6-13(7-9-14)20-22-17(27-23-20)10-11-19(24)26-12-18-21-15-4-2-3-5-16(15)28-18/h2-9H,10-12H2,1H3. The molecule has 2 aromatic carbocycles. The van der Waals surface area contributed by atoms with Crippen LogP contribution >= 0.6 is 11.3 Å². The third kappa shape index (κ3) is 4.17. The van der Waals surface area contributed by atoms with Crippen LogP contribution in [0.25, 0.3) is 21.6 Å². The van der Waals surface area contributed by atoms with Gasteiger partial charge in [-0.05, 0) is 36.4 Å². The molecular weight excluding hydrogens is 378 g/mol. The normalized spacial score (nSPS) is 10.9. The lowest BCUT2D eigenvalue weighted by Crippen LogP contribution is -2.06. The maximum Gasteiger partial charge on any atom is 0.306 e. The Labute approximate surface area is 164 Å². The Morgan fingerprint density at radius 3 is 2.71 bits per heavy atom. The van der Waals surface area contributed by atoms with E-state index in [1.54, 1.807) is 7.11 Å². The van der Waals surface area contributed by atoms with E-state index in [-0.39, 0.29) is 19.0 Å². The maximum absolute atomic E-state index is 12.0. The zero-order valence-electron chi connectivity index (χ0n) is 15.1. The van der Waals surface area contributed by atoms with Gasteiger partial charge in [-0.3, -0.25) is 4.79 Å². The highest BCUT2D eigenvalue weighted by Gasteiger charge is 2.12. The van der Waals surface area contributed by atoms with Gasteiger partial charge >= 0.3 is 5.97 Å². The predicted molar refractivity (Wildman–Crippen MR) is 104 cm³/mol. The Bertz CT molecular complexity index is 1060. The summed E-state index contributed by atoms with van der Waals surface area (Å²) >= 11 is 1.52. The topological polar surface area (TPSA) is 87.3 Å². The van der Waals surface area contributed by atoms with Gasteiger partial charge in [-0.15, -0.1) is 11.3 Å². The molecule has 0 aliphatic rings. The fraction of sp³-hybridized carbons (Fsp3) is 0.200. The van der Waals surface area contributed by atoms with Crippen molar-refractivity contribution in [2.24, 2.45) is 0 Å². The highest BCUT2D eigenvalue weighted by Crippen LogP contribution is 2.22. The van der Waals surface area contributed by atoms with Crippen LogP contribution in [0.2, 0.25) is 0 Å². The SMILES string of the molecule is COc1ccc(-c2noc(CCC(=O)OCc3nc4ccccc4s3)n2)cc1. The lowest BCUT2D eigenvalue weighted by molar-refractivity contribution is -0.145. The van der Waals surface area contributed by atoms with Crippen molar-refractivity contribution in [1.82, 2.24) is 15.1 Å². The van der Waals surface area contributed by atoms with Gasteiger partial charge in [-0.25, -0.2) is 4.98 Å². The van der Waals surface area contributed by atoms with Crippen molar-refractivity contribution in [3.8, 4) is 17.1 Å². The van der Waals surface area contributed by atoms with E-state index in [9.17, 15) is 4.79 Å². The first-order valence-electron chi connectivity index (χ1n) is 8.68. The molecule has 7 nitrogen and oxygen atoms in total. The molecule has 0 radical (unpaired) electrons. The van der Waals surface area contributed by atoms with Crippen molar-refractivity contribution in [3.63, 3.8) is 0 Å². The molecule has 0 bridgehead atoms. The number of para-hydroxylation sites is 1. The molecule has 0 atom stereocenters. The fourth-order valence-electron chi connectivity index (χ4n) is 2.62. The number of aromatic nitrogens is 3. The van der Waals surface area contributed by atoms with Crippen LogP contribution in [0.5, 0.6) is 5.75 Å². The molecule has 0 aliphatic carbocycles. The second-order valence-electron chi connectivity index (χ2n) is 5.98. The molecule has 2 heterocycles. The average molecular weight is 395 g/mol. The second-order valence-corrected chi connectivity index (χ2v) is 7.09. The van der Waals surface area contributed by atoms with E-state index in [0.717, 1.165) is 26.5 Å². The summed E-state index contributed by atoms with van der Waals surface area (Å²) in [6, 6.07) is 15.2. The van der Waals surface area contributed by atoms with Gasteiger partial charge in [-0.1, -0.05) is 17.3 Å². The van der Waals surface area contributed by atoms with Crippen LogP contribution in [-0.4, -0.2) is 28.2 Å². The minimum Gasteiger partial charge on any atom is -0.497 e. The van der Waals surface area contributed by atoms with Crippen LogP contribution in [-0.2, 0) is 22.6 Å². The highest BCUT2D eigenvalue weighted by atomic mass is 32.1. The molecule has 0 saturated carbocycles. The molecule has 4 aromatic rings. The van der Waals surface area contributed by atoms with Gasteiger partial charge in [0.15, 0.2) is 0 Å². The predicted octanol–water partition coefficient (Wildman–Crippen LogP) is 4.03. The van der Waals surface area contributed by atoms with Gasteiger partial charge in [0.1, 0.15) is 17.4 Å². The highest BCUT2D eigenvalue weighted by molar-refractivity contribution is 7.18. The zero-order chi connectivity index (χ0) is 19.3. The third-order valence-corrected chi connectivity index (χ3v) is 5.06. The summed E-state index contributed by atoms with van der Waals surface area (Å²) < 4.78 is 16.7. The molecule has 4 rings (SSSR count). The number of benzene rings is 2. The van der Waals surface area contributed by atoms with Crippen LogP contribution in [0.4, 0.5) is 0 Å². The summed E-state index contributed by atoms with van der Waals surface area (Å²) in [5.74, 6) is 1.29. The molecule has 0 unspecified atom stereocenters. The van der Waals surface area contributed by atoms with Crippen molar-refractivity contribution in [3.05, 3.63) is 59.4 Å². The van der Waals surface area contributed by atoms with E-state index < -0.39 is 0 Å². The van der Waals surface area contributed by atoms with Gasteiger partial charge in [0, 0.05) is 12.0 Å². The number of rotatable bonds is 7. The number of carbonyl (C=O) groups excluding carboxylic acids is 1. The largest absolute Gasteiger partial charge is 0.497 e. The lowest BCUT2D eigenvalue weighted by atomic mass is 10.2. The van der Waals surface area contributed by atoms with Gasteiger partial charge in [0.05, 0.1) is 23.7 Å². The number of aryl methyl sites for hydroxylation is 1. The Kier molecular flexibility index (Phi) is 5.29. The van der Waals surface area contributed by atoms with E-state index in [2.05, 4.69) is 15.1 Å². The summed E-state index contributed by atoms with van der Waals surface area (Å²) in [6.45, 7) is 0.166. The van der Waals surface area contributed by atoms with Crippen molar-refractivity contribution in [2.45, 2.75) is 19.4 Å². The summed E-state index contributed by atoms with van der Waals surface area (Å²) in [5.41, 5.74) is 1.73. The fourth-order valence-corrected chi connectivity index (χ4v) is 3.50. The van der Waals surface area contributed by atoms with E-state index >= 15 is 0 Å². The van der Waals surface area contributed by atoms with E-state index in [4.69, 9.17) is 14.0 Å². The number of carbonyl (C=O) groups is 1. The number of hydrogen-bond acceptors (Lipinski definition) is 8.